The van der Waals surface area contributed by atoms with Crippen molar-refractivity contribution in [2.45, 2.75) is 52.0 Å². The summed E-state index contributed by atoms with van der Waals surface area (Å²) in [5.74, 6) is 0.760. The molecular weight excluding hydrogens is 210 g/mol. The first-order chi connectivity index (χ1) is 8.03. The lowest BCUT2D eigenvalue weighted by Crippen LogP contribution is -2.41. The molecule has 0 heterocycles. The molecule has 0 saturated carbocycles. The van der Waals surface area contributed by atoms with Crippen LogP contribution in [0.15, 0.2) is 0 Å². The van der Waals surface area contributed by atoms with Crippen LogP contribution in [0.2, 0.25) is 0 Å². The number of nitrogens with zero attached hydrogens (tertiary/aromatic N) is 2. The van der Waals surface area contributed by atoms with Gasteiger partial charge in [-0.25, -0.2) is 0 Å². The fourth-order valence-electron chi connectivity index (χ4n) is 2.07. The monoisotopic (exact) mass is 239 g/mol. The van der Waals surface area contributed by atoms with Crippen LogP contribution >= 0.6 is 0 Å². The zero-order valence-electron chi connectivity index (χ0n) is 12.2. The van der Waals surface area contributed by atoms with Crippen molar-refractivity contribution < 1.29 is 0 Å². The zero-order chi connectivity index (χ0) is 13.3. The second-order valence-corrected chi connectivity index (χ2v) is 5.18. The first-order valence-electron chi connectivity index (χ1n) is 6.82. The maximum Gasteiger partial charge on any atom is 0.106 e. The van der Waals surface area contributed by atoms with Crippen molar-refractivity contribution in [3.05, 3.63) is 0 Å². The predicted molar refractivity (Wildman–Crippen MR) is 73.9 cm³/mol. The van der Waals surface area contributed by atoms with Crippen LogP contribution in [-0.4, -0.2) is 37.6 Å². The Bertz CT molecular complexity index is 228. The highest BCUT2D eigenvalue weighted by atomic mass is 15.1. The van der Waals surface area contributed by atoms with Crippen LogP contribution in [0.3, 0.4) is 0 Å². The van der Waals surface area contributed by atoms with Gasteiger partial charge in [-0.05, 0) is 45.8 Å². The van der Waals surface area contributed by atoms with E-state index in [2.05, 4.69) is 44.1 Å². The van der Waals surface area contributed by atoms with Crippen molar-refractivity contribution in [2.24, 2.45) is 5.92 Å². The first kappa shape index (κ1) is 16.4. The Balaban J connectivity index is 3.93. The predicted octanol–water partition coefficient (Wildman–Crippen LogP) is 2.64. The third-order valence-corrected chi connectivity index (χ3v) is 3.76. The molecule has 0 aliphatic carbocycles. The standard InChI is InChI=1S/C14H29N3/c1-6-13(3)11-17(5)10-8-9-14(7-2,12-15)16-4/h13,16H,6-11H2,1-5H3. The third-order valence-electron chi connectivity index (χ3n) is 3.76. The van der Waals surface area contributed by atoms with E-state index >= 15 is 0 Å². The van der Waals surface area contributed by atoms with E-state index in [0.29, 0.717) is 0 Å². The van der Waals surface area contributed by atoms with Gasteiger partial charge in [0.25, 0.3) is 0 Å². The van der Waals surface area contributed by atoms with Crippen LogP contribution in [0.25, 0.3) is 0 Å². The molecule has 2 atom stereocenters. The van der Waals surface area contributed by atoms with Crippen LogP contribution in [0, 0.1) is 17.2 Å². The van der Waals surface area contributed by atoms with Gasteiger partial charge in [0.05, 0.1) is 6.07 Å². The summed E-state index contributed by atoms with van der Waals surface area (Å²) in [5, 5.41) is 12.4. The van der Waals surface area contributed by atoms with Crippen LogP contribution in [0.1, 0.15) is 46.5 Å². The number of hydrogen-bond acceptors (Lipinski definition) is 3. The van der Waals surface area contributed by atoms with Crippen molar-refractivity contribution in [1.82, 2.24) is 10.2 Å². The van der Waals surface area contributed by atoms with Gasteiger partial charge < -0.3 is 10.2 Å². The minimum absolute atomic E-state index is 0.322. The highest BCUT2D eigenvalue weighted by molar-refractivity contribution is 5.05. The minimum Gasteiger partial charge on any atom is -0.306 e. The second kappa shape index (κ2) is 8.49. The van der Waals surface area contributed by atoms with Gasteiger partial charge in [-0.3, -0.25) is 0 Å². The molecule has 0 radical (unpaired) electrons. The van der Waals surface area contributed by atoms with Gasteiger partial charge in [0.15, 0.2) is 0 Å². The lowest BCUT2D eigenvalue weighted by atomic mass is 9.92. The molecule has 100 valence electrons. The molecule has 0 amide bonds. The Morgan fingerprint density at radius 1 is 1.41 bits per heavy atom. The Morgan fingerprint density at radius 3 is 2.47 bits per heavy atom. The summed E-state index contributed by atoms with van der Waals surface area (Å²) in [7, 11) is 4.06. The molecule has 1 N–H and O–H groups in total. The van der Waals surface area contributed by atoms with E-state index in [9.17, 15) is 5.26 Å². The average Bonchev–Trinajstić information content (AvgIpc) is 2.35. The molecule has 0 spiro atoms. The Labute approximate surface area is 107 Å². The van der Waals surface area contributed by atoms with E-state index in [1.54, 1.807) is 0 Å². The lowest BCUT2D eigenvalue weighted by molar-refractivity contribution is 0.264. The topological polar surface area (TPSA) is 39.1 Å². The molecule has 0 aromatic heterocycles. The van der Waals surface area contributed by atoms with Crippen LogP contribution in [0.4, 0.5) is 0 Å². The molecule has 0 aromatic carbocycles. The summed E-state index contributed by atoms with van der Waals surface area (Å²) in [6, 6.07) is 2.41. The van der Waals surface area contributed by atoms with E-state index in [1.165, 1.54) is 6.42 Å². The summed E-state index contributed by atoms with van der Waals surface area (Å²) in [6.07, 6.45) is 4.11. The van der Waals surface area contributed by atoms with Gasteiger partial charge >= 0.3 is 0 Å². The molecular formula is C14H29N3. The molecule has 2 unspecified atom stereocenters. The molecule has 0 bridgehead atoms. The molecule has 0 fully saturated rings. The Kier molecular flexibility index (Phi) is 8.20. The maximum absolute atomic E-state index is 9.20. The average molecular weight is 239 g/mol. The minimum atomic E-state index is -0.322. The second-order valence-electron chi connectivity index (χ2n) is 5.18. The number of nitriles is 1. The van der Waals surface area contributed by atoms with Crippen molar-refractivity contribution in [2.75, 3.05) is 27.2 Å². The summed E-state index contributed by atoms with van der Waals surface area (Å²) in [5.41, 5.74) is -0.322. The molecule has 17 heavy (non-hydrogen) atoms. The van der Waals surface area contributed by atoms with Gasteiger partial charge in [-0.15, -0.1) is 0 Å². The quantitative estimate of drug-likeness (QED) is 0.672. The van der Waals surface area contributed by atoms with E-state index in [1.807, 2.05) is 7.05 Å². The van der Waals surface area contributed by atoms with Gasteiger partial charge in [0.2, 0.25) is 0 Å². The molecule has 0 aliphatic heterocycles. The molecule has 3 nitrogen and oxygen atoms in total. The molecule has 0 saturated heterocycles. The normalized spacial score (nSPS) is 16.5. The summed E-state index contributed by atoms with van der Waals surface area (Å²) >= 11 is 0. The summed E-state index contributed by atoms with van der Waals surface area (Å²) in [6.45, 7) is 8.83. The van der Waals surface area contributed by atoms with Gasteiger partial charge in [-0.2, -0.15) is 5.26 Å². The fourth-order valence-corrected chi connectivity index (χ4v) is 2.07. The highest BCUT2D eigenvalue weighted by Crippen LogP contribution is 2.16. The fraction of sp³-hybridized carbons (Fsp3) is 0.929. The summed E-state index contributed by atoms with van der Waals surface area (Å²) < 4.78 is 0. The van der Waals surface area contributed by atoms with E-state index in [4.69, 9.17) is 0 Å². The number of hydrogen-bond donors (Lipinski definition) is 1. The van der Waals surface area contributed by atoms with Crippen LogP contribution in [-0.2, 0) is 0 Å². The third kappa shape index (κ3) is 6.05. The van der Waals surface area contributed by atoms with E-state index in [-0.39, 0.29) is 5.54 Å². The van der Waals surface area contributed by atoms with Crippen molar-refractivity contribution in [3.63, 3.8) is 0 Å². The van der Waals surface area contributed by atoms with E-state index in [0.717, 1.165) is 38.3 Å². The molecule has 0 aromatic rings. The number of nitrogens with one attached hydrogen (secondary N) is 1. The Hall–Kier alpha value is -0.590. The van der Waals surface area contributed by atoms with Crippen LogP contribution in [0.5, 0.6) is 0 Å². The zero-order valence-corrected chi connectivity index (χ0v) is 12.2. The number of rotatable bonds is 9. The van der Waals surface area contributed by atoms with Gasteiger partial charge in [0, 0.05) is 6.54 Å². The van der Waals surface area contributed by atoms with Crippen molar-refractivity contribution in [1.29, 1.82) is 5.26 Å². The Morgan fingerprint density at radius 2 is 2.06 bits per heavy atom. The SMILES string of the molecule is CCC(C)CN(C)CCCC(C#N)(CC)NC. The molecule has 0 aliphatic rings. The summed E-state index contributed by atoms with van der Waals surface area (Å²) in [4.78, 5) is 2.38. The lowest BCUT2D eigenvalue weighted by Gasteiger charge is -2.26. The molecule has 3 heteroatoms. The first-order valence-corrected chi connectivity index (χ1v) is 6.82. The van der Waals surface area contributed by atoms with E-state index < -0.39 is 0 Å². The smallest absolute Gasteiger partial charge is 0.106 e. The van der Waals surface area contributed by atoms with Crippen LogP contribution < -0.4 is 5.32 Å². The van der Waals surface area contributed by atoms with Crippen molar-refractivity contribution >= 4 is 0 Å². The van der Waals surface area contributed by atoms with Gasteiger partial charge in [-0.1, -0.05) is 27.2 Å². The maximum atomic E-state index is 9.20. The highest BCUT2D eigenvalue weighted by Gasteiger charge is 2.24. The van der Waals surface area contributed by atoms with Gasteiger partial charge in [0.1, 0.15) is 5.54 Å². The largest absolute Gasteiger partial charge is 0.306 e. The van der Waals surface area contributed by atoms with Crippen molar-refractivity contribution in [3.8, 4) is 6.07 Å². The molecule has 0 rings (SSSR count).